The zero-order valence-electron chi connectivity index (χ0n) is 13.7. The molecule has 2 rings (SSSR count). The lowest BCUT2D eigenvalue weighted by Gasteiger charge is -2.15. The SMILES string of the molecule is Cc1ccnn1-c1ccc(C(=O)O[C@@H](C)C(=O)NC(C)C)cc1. The standard InChI is InChI=1S/C17H21N3O3/c1-11(2)19-16(21)13(4)23-17(22)14-5-7-15(8-6-14)20-12(3)9-10-18-20/h5-11,13H,1-4H3,(H,19,21)/t13-/m0/s1. The van der Waals surface area contributed by atoms with E-state index in [9.17, 15) is 9.59 Å². The molecule has 0 fully saturated rings. The highest BCUT2D eigenvalue weighted by atomic mass is 16.5. The Labute approximate surface area is 135 Å². The molecule has 1 heterocycles. The van der Waals surface area contributed by atoms with E-state index in [0.717, 1.165) is 11.4 Å². The molecule has 1 atom stereocenters. The molecule has 1 amide bonds. The minimum absolute atomic E-state index is 0.000228. The van der Waals surface area contributed by atoms with Gasteiger partial charge in [-0.15, -0.1) is 0 Å². The van der Waals surface area contributed by atoms with Crippen LogP contribution in [0.4, 0.5) is 0 Å². The van der Waals surface area contributed by atoms with Crippen LogP contribution in [0.1, 0.15) is 36.8 Å². The minimum atomic E-state index is -0.835. The Bertz CT molecular complexity index is 689. The number of aryl methyl sites for hydroxylation is 1. The number of esters is 1. The summed E-state index contributed by atoms with van der Waals surface area (Å²) in [6.07, 6.45) is 0.880. The molecule has 0 radical (unpaired) electrons. The number of hydrogen-bond donors (Lipinski definition) is 1. The van der Waals surface area contributed by atoms with Crippen LogP contribution in [-0.4, -0.2) is 33.8 Å². The number of carbonyl (C=O) groups is 2. The summed E-state index contributed by atoms with van der Waals surface area (Å²) < 4.78 is 6.95. The van der Waals surface area contributed by atoms with Crippen molar-refractivity contribution < 1.29 is 14.3 Å². The highest BCUT2D eigenvalue weighted by Gasteiger charge is 2.19. The summed E-state index contributed by atoms with van der Waals surface area (Å²) >= 11 is 0. The van der Waals surface area contributed by atoms with Gasteiger partial charge in [-0.3, -0.25) is 4.79 Å². The Kier molecular flexibility index (Phi) is 5.16. The number of ether oxygens (including phenoxy) is 1. The Balaban J connectivity index is 2.03. The van der Waals surface area contributed by atoms with Crippen LogP contribution >= 0.6 is 0 Å². The van der Waals surface area contributed by atoms with Crippen molar-refractivity contribution >= 4 is 11.9 Å². The third kappa shape index (κ3) is 4.18. The molecule has 0 aliphatic rings. The lowest BCUT2D eigenvalue weighted by atomic mass is 10.2. The van der Waals surface area contributed by atoms with E-state index in [-0.39, 0.29) is 11.9 Å². The summed E-state index contributed by atoms with van der Waals surface area (Å²) in [6, 6.07) is 8.79. The molecular formula is C17H21N3O3. The van der Waals surface area contributed by atoms with Crippen molar-refractivity contribution in [2.24, 2.45) is 0 Å². The van der Waals surface area contributed by atoms with Gasteiger partial charge in [0.15, 0.2) is 6.10 Å². The topological polar surface area (TPSA) is 73.2 Å². The van der Waals surface area contributed by atoms with Gasteiger partial charge in [0.05, 0.1) is 11.3 Å². The molecule has 0 aliphatic heterocycles. The molecular weight excluding hydrogens is 294 g/mol. The predicted molar refractivity (Wildman–Crippen MR) is 86.5 cm³/mol. The van der Waals surface area contributed by atoms with Gasteiger partial charge in [-0.1, -0.05) is 0 Å². The highest BCUT2D eigenvalue weighted by Crippen LogP contribution is 2.12. The third-order valence-corrected chi connectivity index (χ3v) is 3.26. The lowest BCUT2D eigenvalue weighted by molar-refractivity contribution is -0.129. The zero-order chi connectivity index (χ0) is 17.0. The van der Waals surface area contributed by atoms with Crippen molar-refractivity contribution in [1.29, 1.82) is 0 Å². The van der Waals surface area contributed by atoms with E-state index < -0.39 is 12.1 Å². The van der Waals surface area contributed by atoms with E-state index in [1.165, 1.54) is 0 Å². The number of rotatable bonds is 5. The first-order chi connectivity index (χ1) is 10.9. The summed E-state index contributed by atoms with van der Waals surface area (Å²) in [5, 5.41) is 6.91. The molecule has 0 bridgehead atoms. The molecule has 1 N–H and O–H groups in total. The minimum Gasteiger partial charge on any atom is -0.449 e. The largest absolute Gasteiger partial charge is 0.449 e. The van der Waals surface area contributed by atoms with Crippen molar-refractivity contribution in [3.05, 3.63) is 47.8 Å². The van der Waals surface area contributed by atoms with E-state index in [4.69, 9.17) is 4.74 Å². The Hall–Kier alpha value is -2.63. The summed E-state index contributed by atoms with van der Waals surface area (Å²) in [5.41, 5.74) is 2.25. The predicted octanol–water partition coefficient (Wildman–Crippen LogP) is 2.25. The first kappa shape index (κ1) is 16.7. The van der Waals surface area contributed by atoms with Gasteiger partial charge in [-0.2, -0.15) is 5.10 Å². The number of hydrogen-bond acceptors (Lipinski definition) is 4. The van der Waals surface area contributed by atoms with Gasteiger partial charge in [0.2, 0.25) is 0 Å². The van der Waals surface area contributed by atoms with Crippen LogP contribution < -0.4 is 5.32 Å². The van der Waals surface area contributed by atoms with E-state index in [1.54, 1.807) is 42.1 Å². The molecule has 1 aromatic carbocycles. The fraction of sp³-hybridized carbons (Fsp3) is 0.353. The summed E-state index contributed by atoms with van der Waals surface area (Å²) in [7, 11) is 0. The van der Waals surface area contributed by atoms with Gasteiger partial charge in [-0.05, 0) is 58.0 Å². The molecule has 0 saturated carbocycles. The van der Waals surface area contributed by atoms with Crippen LogP contribution in [0.15, 0.2) is 36.5 Å². The molecule has 6 heteroatoms. The summed E-state index contributed by atoms with van der Waals surface area (Å²) in [4.78, 5) is 23.9. The van der Waals surface area contributed by atoms with E-state index in [2.05, 4.69) is 10.4 Å². The van der Waals surface area contributed by atoms with Crippen LogP contribution in [-0.2, 0) is 9.53 Å². The van der Waals surface area contributed by atoms with Gasteiger partial charge in [0, 0.05) is 17.9 Å². The second-order valence-corrected chi connectivity index (χ2v) is 5.64. The number of aromatic nitrogens is 2. The van der Waals surface area contributed by atoms with E-state index >= 15 is 0 Å². The lowest BCUT2D eigenvalue weighted by Crippen LogP contribution is -2.39. The average Bonchev–Trinajstić information content (AvgIpc) is 2.92. The maximum absolute atomic E-state index is 12.1. The fourth-order valence-electron chi connectivity index (χ4n) is 2.06. The molecule has 1 aromatic heterocycles. The van der Waals surface area contributed by atoms with Crippen molar-refractivity contribution in [2.75, 3.05) is 0 Å². The van der Waals surface area contributed by atoms with Crippen molar-refractivity contribution in [3.63, 3.8) is 0 Å². The summed E-state index contributed by atoms with van der Waals surface area (Å²) in [5.74, 6) is -0.836. The smallest absolute Gasteiger partial charge is 0.338 e. The van der Waals surface area contributed by atoms with Crippen LogP contribution in [0.3, 0.4) is 0 Å². The highest BCUT2D eigenvalue weighted by molar-refractivity contribution is 5.92. The maximum Gasteiger partial charge on any atom is 0.338 e. The average molecular weight is 315 g/mol. The summed E-state index contributed by atoms with van der Waals surface area (Å²) in [6.45, 7) is 7.20. The van der Waals surface area contributed by atoms with Crippen LogP contribution in [0, 0.1) is 6.92 Å². The maximum atomic E-state index is 12.1. The van der Waals surface area contributed by atoms with Gasteiger partial charge in [0.1, 0.15) is 0 Å². The molecule has 0 unspecified atom stereocenters. The Morgan fingerprint density at radius 3 is 2.30 bits per heavy atom. The number of nitrogens with zero attached hydrogens (tertiary/aromatic N) is 2. The van der Waals surface area contributed by atoms with Crippen LogP contribution in [0.25, 0.3) is 5.69 Å². The molecule has 23 heavy (non-hydrogen) atoms. The number of amides is 1. The number of nitrogens with one attached hydrogen (secondary N) is 1. The van der Waals surface area contributed by atoms with Crippen LogP contribution in [0.2, 0.25) is 0 Å². The third-order valence-electron chi connectivity index (χ3n) is 3.26. The zero-order valence-corrected chi connectivity index (χ0v) is 13.7. The van der Waals surface area contributed by atoms with Crippen molar-refractivity contribution in [2.45, 2.75) is 39.8 Å². The second-order valence-electron chi connectivity index (χ2n) is 5.64. The molecule has 122 valence electrons. The number of benzene rings is 1. The van der Waals surface area contributed by atoms with Gasteiger partial charge in [0.25, 0.3) is 5.91 Å². The molecule has 0 spiro atoms. The Morgan fingerprint density at radius 1 is 1.13 bits per heavy atom. The normalized spacial score (nSPS) is 12.0. The molecule has 0 saturated heterocycles. The van der Waals surface area contributed by atoms with Crippen molar-refractivity contribution in [3.8, 4) is 5.69 Å². The van der Waals surface area contributed by atoms with Crippen molar-refractivity contribution in [1.82, 2.24) is 15.1 Å². The fourth-order valence-corrected chi connectivity index (χ4v) is 2.06. The van der Waals surface area contributed by atoms with Gasteiger partial charge in [-0.25, -0.2) is 9.48 Å². The molecule has 0 aliphatic carbocycles. The number of carbonyl (C=O) groups excluding carboxylic acids is 2. The monoisotopic (exact) mass is 315 g/mol. The molecule has 6 nitrogen and oxygen atoms in total. The van der Waals surface area contributed by atoms with Gasteiger partial charge >= 0.3 is 5.97 Å². The Morgan fingerprint density at radius 2 is 1.78 bits per heavy atom. The molecule has 2 aromatic rings. The quantitative estimate of drug-likeness (QED) is 0.859. The van der Waals surface area contributed by atoms with Crippen LogP contribution in [0.5, 0.6) is 0 Å². The first-order valence-corrected chi connectivity index (χ1v) is 7.51. The van der Waals surface area contributed by atoms with E-state index in [1.807, 2.05) is 26.8 Å². The first-order valence-electron chi connectivity index (χ1n) is 7.51. The second kappa shape index (κ2) is 7.09. The van der Waals surface area contributed by atoms with E-state index in [0.29, 0.717) is 5.56 Å². The van der Waals surface area contributed by atoms with Gasteiger partial charge < -0.3 is 10.1 Å².